The summed E-state index contributed by atoms with van der Waals surface area (Å²) in [5.41, 5.74) is 0.947. The average Bonchev–Trinajstić information content (AvgIpc) is 2.64. The molecule has 0 heterocycles. The summed E-state index contributed by atoms with van der Waals surface area (Å²) in [6.45, 7) is 1.39. The molecular formula is C13H16O3. The first kappa shape index (κ1) is 11.1. The fourth-order valence-corrected chi connectivity index (χ4v) is 2.34. The first-order valence-corrected chi connectivity index (χ1v) is 5.64. The highest BCUT2D eigenvalue weighted by atomic mass is 16.5. The summed E-state index contributed by atoms with van der Waals surface area (Å²) in [4.78, 5) is 11.0. The second-order valence-electron chi connectivity index (χ2n) is 4.24. The van der Waals surface area contributed by atoms with Gasteiger partial charge in [-0.05, 0) is 18.9 Å². The van der Waals surface area contributed by atoms with Crippen LogP contribution in [0.15, 0.2) is 24.3 Å². The van der Waals surface area contributed by atoms with Crippen molar-refractivity contribution in [2.75, 3.05) is 0 Å². The van der Waals surface area contributed by atoms with Crippen LogP contribution >= 0.6 is 0 Å². The van der Waals surface area contributed by atoms with Crippen molar-refractivity contribution in [1.82, 2.24) is 0 Å². The highest BCUT2D eigenvalue weighted by Crippen LogP contribution is 2.38. The quantitative estimate of drug-likeness (QED) is 0.614. The van der Waals surface area contributed by atoms with Crippen LogP contribution in [0.4, 0.5) is 0 Å². The van der Waals surface area contributed by atoms with Gasteiger partial charge in [-0.15, -0.1) is 0 Å². The van der Waals surface area contributed by atoms with Crippen molar-refractivity contribution in [1.29, 1.82) is 0 Å². The van der Waals surface area contributed by atoms with Crippen molar-refractivity contribution < 1.29 is 14.6 Å². The minimum absolute atomic E-state index is 0.107. The molecule has 2 atom stereocenters. The summed E-state index contributed by atoms with van der Waals surface area (Å²) >= 11 is 0. The zero-order chi connectivity index (χ0) is 11.5. The van der Waals surface area contributed by atoms with Gasteiger partial charge >= 0.3 is 5.97 Å². The van der Waals surface area contributed by atoms with Gasteiger partial charge in [0.15, 0.2) is 0 Å². The Balaban J connectivity index is 2.28. The first-order chi connectivity index (χ1) is 7.68. The van der Waals surface area contributed by atoms with Gasteiger partial charge in [0.25, 0.3) is 0 Å². The molecule has 1 aliphatic carbocycles. The molecule has 0 aliphatic heterocycles. The van der Waals surface area contributed by atoms with E-state index < -0.39 is 0 Å². The third-order valence-electron chi connectivity index (χ3n) is 3.05. The summed E-state index contributed by atoms with van der Waals surface area (Å²) < 4.78 is 5.16. The smallest absolute Gasteiger partial charge is 0.308 e. The Morgan fingerprint density at radius 2 is 2.12 bits per heavy atom. The molecule has 1 aliphatic rings. The van der Waals surface area contributed by atoms with E-state index in [1.807, 2.05) is 18.2 Å². The Hall–Kier alpha value is -1.35. The van der Waals surface area contributed by atoms with Crippen LogP contribution in [0.25, 0.3) is 0 Å². The number of rotatable bonds is 2. The van der Waals surface area contributed by atoms with Crippen molar-refractivity contribution in [3.8, 4) is 5.75 Å². The van der Waals surface area contributed by atoms with Gasteiger partial charge in [-0.1, -0.05) is 24.6 Å². The largest absolute Gasteiger partial charge is 0.426 e. The lowest BCUT2D eigenvalue weighted by molar-refractivity contribution is -0.131. The molecule has 0 bridgehead atoms. The zero-order valence-electron chi connectivity index (χ0n) is 9.35. The molecule has 0 radical (unpaired) electrons. The molecule has 1 fully saturated rings. The standard InChI is InChI=1S/C13H16O3/c1-9(14)16-13-8-3-2-5-11(13)10-6-4-7-12(10)15/h2-3,5,8,10,12,15H,4,6-7H2,1H3/t10-,12+/m1/s1. The van der Waals surface area contributed by atoms with Gasteiger partial charge < -0.3 is 9.84 Å². The third kappa shape index (κ3) is 2.25. The predicted octanol–water partition coefficient (Wildman–Crippen LogP) is 2.24. The summed E-state index contributed by atoms with van der Waals surface area (Å²) in [5.74, 6) is 0.372. The molecule has 1 aromatic carbocycles. The van der Waals surface area contributed by atoms with Crippen LogP contribution in [0.5, 0.6) is 5.75 Å². The number of esters is 1. The van der Waals surface area contributed by atoms with E-state index in [1.54, 1.807) is 6.07 Å². The number of aliphatic hydroxyl groups excluding tert-OH is 1. The van der Waals surface area contributed by atoms with Crippen LogP contribution in [0.3, 0.4) is 0 Å². The number of aliphatic hydroxyl groups is 1. The van der Waals surface area contributed by atoms with E-state index in [9.17, 15) is 9.90 Å². The second-order valence-corrected chi connectivity index (χ2v) is 4.24. The maximum atomic E-state index is 11.0. The van der Waals surface area contributed by atoms with Gasteiger partial charge in [0, 0.05) is 18.4 Å². The van der Waals surface area contributed by atoms with E-state index in [4.69, 9.17) is 4.74 Å². The maximum Gasteiger partial charge on any atom is 0.308 e. The van der Waals surface area contributed by atoms with Crippen LogP contribution in [0.1, 0.15) is 37.7 Å². The van der Waals surface area contributed by atoms with Crippen LogP contribution in [-0.2, 0) is 4.79 Å². The molecule has 86 valence electrons. The van der Waals surface area contributed by atoms with Crippen molar-refractivity contribution in [2.24, 2.45) is 0 Å². The molecule has 0 unspecified atom stereocenters. The fraction of sp³-hybridized carbons (Fsp3) is 0.462. The first-order valence-electron chi connectivity index (χ1n) is 5.64. The Labute approximate surface area is 95.0 Å². The molecule has 0 saturated heterocycles. The van der Waals surface area contributed by atoms with Crippen LogP contribution in [0, 0.1) is 0 Å². The lowest BCUT2D eigenvalue weighted by Gasteiger charge is -2.17. The van der Waals surface area contributed by atoms with E-state index in [0.29, 0.717) is 5.75 Å². The van der Waals surface area contributed by atoms with Crippen molar-refractivity contribution in [3.63, 3.8) is 0 Å². The van der Waals surface area contributed by atoms with E-state index in [2.05, 4.69) is 0 Å². The summed E-state index contributed by atoms with van der Waals surface area (Å²) in [6, 6.07) is 7.45. The molecule has 1 aromatic rings. The SMILES string of the molecule is CC(=O)Oc1ccccc1[C@H]1CCC[C@@H]1O. The number of hydrogen-bond acceptors (Lipinski definition) is 3. The van der Waals surface area contributed by atoms with Crippen molar-refractivity contribution in [3.05, 3.63) is 29.8 Å². The number of para-hydroxylation sites is 1. The van der Waals surface area contributed by atoms with Gasteiger partial charge in [-0.25, -0.2) is 0 Å². The van der Waals surface area contributed by atoms with Gasteiger partial charge in [-0.2, -0.15) is 0 Å². The Kier molecular flexibility index (Phi) is 3.25. The lowest BCUT2D eigenvalue weighted by Crippen LogP contribution is -2.13. The molecule has 16 heavy (non-hydrogen) atoms. The Morgan fingerprint density at radius 1 is 1.38 bits per heavy atom. The zero-order valence-corrected chi connectivity index (χ0v) is 9.35. The molecule has 0 spiro atoms. The van der Waals surface area contributed by atoms with E-state index in [-0.39, 0.29) is 18.0 Å². The van der Waals surface area contributed by atoms with Gasteiger partial charge in [0.1, 0.15) is 5.75 Å². The van der Waals surface area contributed by atoms with Crippen LogP contribution in [-0.4, -0.2) is 17.2 Å². The van der Waals surface area contributed by atoms with E-state index in [1.165, 1.54) is 6.92 Å². The summed E-state index contributed by atoms with van der Waals surface area (Å²) in [7, 11) is 0. The Bertz CT molecular complexity index is 387. The van der Waals surface area contributed by atoms with Gasteiger partial charge in [0.05, 0.1) is 6.10 Å². The topological polar surface area (TPSA) is 46.5 Å². The number of benzene rings is 1. The number of hydrogen-bond donors (Lipinski definition) is 1. The fourth-order valence-electron chi connectivity index (χ4n) is 2.34. The van der Waals surface area contributed by atoms with E-state index >= 15 is 0 Å². The van der Waals surface area contributed by atoms with E-state index in [0.717, 1.165) is 24.8 Å². The average molecular weight is 220 g/mol. The lowest BCUT2D eigenvalue weighted by atomic mass is 9.95. The van der Waals surface area contributed by atoms with Crippen molar-refractivity contribution in [2.45, 2.75) is 38.2 Å². The summed E-state index contributed by atoms with van der Waals surface area (Å²) in [5, 5.41) is 9.86. The van der Waals surface area contributed by atoms with Crippen LogP contribution in [0.2, 0.25) is 0 Å². The van der Waals surface area contributed by atoms with Crippen LogP contribution < -0.4 is 4.74 Å². The molecule has 0 amide bonds. The summed E-state index contributed by atoms with van der Waals surface area (Å²) in [6.07, 6.45) is 2.51. The normalized spacial score (nSPS) is 24.4. The molecular weight excluding hydrogens is 204 g/mol. The minimum atomic E-state index is -0.320. The Morgan fingerprint density at radius 3 is 2.75 bits per heavy atom. The third-order valence-corrected chi connectivity index (χ3v) is 3.05. The molecule has 1 N–H and O–H groups in total. The predicted molar refractivity (Wildman–Crippen MR) is 60.3 cm³/mol. The molecule has 0 aromatic heterocycles. The van der Waals surface area contributed by atoms with Gasteiger partial charge in [-0.3, -0.25) is 4.79 Å². The van der Waals surface area contributed by atoms with Crippen molar-refractivity contribution >= 4 is 5.97 Å². The minimum Gasteiger partial charge on any atom is -0.426 e. The maximum absolute atomic E-state index is 11.0. The highest BCUT2D eigenvalue weighted by Gasteiger charge is 2.29. The monoisotopic (exact) mass is 220 g/mol. The number of ether oxygens (including phenoxy) is 1. The number of carbonyl (C=O) groups excluding carboxylic acids is 1. The second kappa shape index (κ2) is 4.66. The highest BCUT2D eigenvalue weighted by molar-refractivity contribution is 5.69. The molecule has 1 saturated carbocycles. The molecule has 3 nitrogen and oxygen atoms in total. The molecule has 2 rings (SSSR count). The molecule has 3 heteroatoms. The number of carbonyl (C=O) groups is 1. The van der Waals surface area contributed by atoms with Gasteiger partial charge in [0.2, 0.25) is 0 Å².